The van der Waals surface area contributed by atoms with Crippen molar-refractivity contribution >= 4 is 21.9 Å². The minimum atomic E-state index is -3.97. The van der Waals surface area contributed by atoms with Gasteiger partial charge in [0.05, 0.1) is 10.5 Å². The number of carbonyl (C=O) groups is 2. The molecule has 0 radical (unpaired) electrons. The Kier molecular flexibility index (Phi) is 6.65. The lowest BCUT2D eigenvalue weighted by atomic mass is 10.1. The molecule has 1 amide bonds. The third-order valence-corrected chi connectivity index (χ3v) is 5.30. The summed E-state index contributed by atoms with van der Waals surface area (Å²) >= 11 is 0. The smallest absolute Gasteiger partial charge is 0.335 e. The summed E-state index contributed by atoms with van der Waals surface area (Å²) in [5, 5.41) is 11.5. The number of rotatable bonds is 8. The molecule has 2 aromatic rings. The molecule has 0 aliphatic rings. The molecule has 2 aromatic carbocycles. The van der Waals surface area contributed by atoms with Gasteiger partial charge in [-0.2, -0.15) is 4.72 Å². The summed E-state index contributed by atoms with van der Waals surface area (Å²) in [6.45, 7) is 1.77. The van der Waals surface area contributed by atoms with Gasteiger partial charge in [0, 0.05) is 6.54 Å². The maximum Gasteiger partial charge on any atom is 0.335 e. The van der Waals surface area contributed by atoms with Gasteiger partial charge in [-0.25, -0.2) is 17.6 Å². The standard InChI is InChI=1S/C18H19FN2O5S/c1-2-16(21-27(25,26)15-9-7-14(19)8-10-15)17(22)20-11-12-3-5-13(6-4-12)18(23)24/h3-10,16,21H,2,11H2,1H3,(H,20,22)(H,23,24). The number of amides is 1. The van der Waals surface area contributed by atoms with E-state index in [2.05, 4.69) is 10.0 Å². The van der Waals surface area contributed by atoms with Crippen LogP contribution in [0.1, 0.15) is 29.3 Å². The van der Waals surface area contributed by atoms with E-state index in [4.69, 9.17) is 5.11 Å². The third-order valence-electron chi connectivity index (χ3n) is 3.81. The van der Waals surface area contributed by atoms with E-state index in [-0.39, 0.29) is 23.4 Å². The van der Waals surface area contributed by atoms with Crippen LogP contribution >= 0.6 is 0 Å². The Hall–Kier alpha value is -2.78. The number of benzene rings is 2. The molecule has 2 rings (SSSR count). The van der Waals surface area contributed by atoms with Crippen molar-refractivity contribution in [3.63, 3.8) is 0 Å². The fraction of sp³-hybridized carbons (Fsp3) is 0.222. The van der Waals surface area contributed by atoms with Crippen molar-refractivity contribution in [3.8, 4) is 0 Å². The highest BCUT2D eigenvalue weighted by Crippen LogP contribution is 2.11. The summed E-state index contributed by atoms with van der Waals surface area (Å²) in [6.07, 6.45) is 0.213. The minimum absolute atomic E-state index is 0.119. The van der Waals surface area contributed by atoms with Gasteiger partial charge in [0.2, 0.25) is 15.9 Å². The first kappa shape index (κ1) is 20.5. The van der Waals surface area contributed by atoms with Crippen LogP contribution in [0.2, 0.25) is 0 Å². The van der Waals surface area contributed by atoms with Crippen molar-refractivity contribution < 1.29 is 27.5 Å². The second-order valence-corrected chi connectivity index (χ2v) is 7.47. The molecule has 0 spiro atoms. The van der Waals surface area contributed by atoms with Gasteiger partial charge in [-0.1, -0.05) is 19.1 Å². The summed E-state index contributed by atoms with van der Waals surface area (Å²) in [6, 6.07) is 9.24. The molecule has 0 aliphatic carbocycles. The number of nitrogens with one attached hydrogen (secondary N) is 2. The van der Waals surface area contributed by atoms with E-state index < -0.39 is 33.8 Å². The lowest BCUT2D eigenvalue weighted by Gasteiger charge is -2.17. The van der Waals surface area contributed by atoms with E-state index in [1.54, 1.807) is 19.1 Å². The quantitative estimate of drug-likeness (QED) is 0.633. The Morgan fingerprint density at radius 1 is 1.07 bits per heavy atom. The van der Waals surface area contributed by atoms with Gasteiger partial charge in [-0.15, -0.1) is 0 Å². The first-order valence-corrected chi connectivity index (χ1v) is 9.59. The van der Waals surface area contributed by atoms with Crippen molar-refractivity contribution in [3.05, 3.63) is 65.5 Å². The van der Waals surface area contributed by atoms with Gasteiger partial charge in [0.15, 0.2) is 0 Å². The Labute approximate surface area is 156 Å². The van der Waals surface area contributed by atoms with Crippen LogP contribution in [0.4, 0.5) is 4.39 Å². The molecule has 7 nitrogen and oxygen atoms in total. The summed E-state index contributed by atoms with van der Waals surface area (Å²) in [7, 11) is -3.97. The average molecular weight is 394 g/mol. The van der Waals surface area contributed by atoms with Crippen LogP contribution in [0, 0.1) is 5.82 Å². The van der Waals surface area contributed by atoms with Gasteiger partial charge < -0.3 is 10.4 Å². The Morgan fingerprint density at radius 3 is 2.19 bits per heavy atom. The number of hydrogen-bond acceptors (Lipinski definition) is 4. The van der Waals surface area contributed by atoms with Gasteiger partial charge in [0.25, 0.3) is 0 Å². The van der Waals surface area contributed by atoms with Crippen LogP contribution in [-0.2, 0) is 21.4 Å². The van der Waals surface area contributed by atoms with Crippen molar-refractivity contribution in [1.29, 1.82) is 0 Å². The molecular weight excluding hydrogens is 375 g/mol. The fourth-order valence-corrected chi connectivity index (χ4v) is 3.55. The van der Waals surface area contributed by atoms with E-state index in [1.165, 1.54) is 12.1 Å². The van der Waals surface area contributed by atoms with Gasteiger partial charge >= 0.3 is 5.97 Å². The number of aromatic carboxylic acids is 1. The molecule has 1 atom stereocenters. The largest absolute Gasteiger partial charge is 0.478 e. The Bertz CT molecular complexity index is 912. The Balaban J connectivity index is 2.00. The van der Waals surface area contributed by atoms with Crippen LogP contribution < -0.4 is 10.0 Å². The molecule has 1 unspecified atom stereocenters. The molecule has 0 heterocycles. The van der Waals surface area contributed by atoms with Crippen molar-refractivity contribution in [1.82, 2.24) is 10.0 Å². The summed E-state index contributed by atoms with van der Waals surface area (Å²) in [4.78, 5) is 23.0. The molecule has 0 bridgehead atoms. The highest BCUT2D eigenvalue weighted by atomic mass is 32.2. The van der Waals surface area contributed by atoms with Crippen LogP contribution in [0.3, 0.4) is 0 Å². The van der Waals surface area contributed by atoms with Crippen LogP contribution in [0.25, 0.3) is 0 Å². The zero-order valence-electron chi connectivity index (χ0n) is 14.5. The second kappa shape index (κ2) is 8.74. The molecular formula is C18H19FN2O5S. The maximum absolute atomic E-state index is 13.0. The average Bonchev–Trinajstić information content (AvgIpc) is 2.64. The monoisotopic (exact) mass is 394 g/mol. The number of carboxylic acids is 1. The van der Waals surface area contributed by atoms with E-state index in [9.17, 15) is 22.4 Å². The van der Waals surface area contributed by atoms with E-state index in [0.29, 0.717) is 5.56 Å². The molecule has 0 saturated heterocycles. The summed E-state index contributed by atoms with van der Waals surface area (Å²) < 4.78 is 39.9. The number of hydrogen-bond donors (Lipinski definition) is 3. The Morgan fingerprint density at radius 2 is 1.67 bits per heavy atom. The molecule has 9 heteroatoms. The van der Waals surface area contributed by atoms with Crippen LogP contribution in [-0.4, -0.2) is 31.4 Å². The molecule has 27 heavy (non-hydrogen) atoms. The molecule has 3 N–H and O–H groups in total. The van der Waals surface area contributed by atoms with Crippen molar-refractivity contribution in [2.24, 2.45) is 0 Å². The van der Waals surface area contributed by atoms with Gasteiger partial charge in [0.1, 0.15) is 11.9 Å². The molecule has 0 aromatic heterocycles. The molecule has 0 fully saturated rings. The predicted octanol–water partition coefficient (Wildman–Crippen LogP) is 1.90. The van der Waals surface area contributed by atoms with E-state index in [0.717, 1.165) is 24.3 Å². The lowest BCUT2D eigenvalue weighted by molar-refractivity contribution is -0.122. The topological polar surface area (TPSA) is 113 Å². The van der Waals surface area contributed by atoms with Crippen molar-refractivity contribution in [2.45, 2.75) is 30.8 Å². The second-order valence-electron chi connectivity index (χ2n) is 5.76. The number of sulfonamides is 1. The number of carboxylic acid groups (broad SMARTS) is 1. The molecule has 0 saturated carbocycles. The first-order chi connectivity index (χ1) is 12.7. The van der Waals surface area contributed by atoms with Crippen molar-refractivity contribution in [2.75, 3.05) is 0 Å². The third kappa shape index (κ3) is 5.60. The van der Waals surface area contributed by atoms with Gasteiger partial charge in [-0.05, 0) is 48.4 Å². The minimum Gasteiger partial charge on any atom is -0.478 e. The summed E-state index contributed by atoms with van der Waals surface area (Å²) in [5.41, 5.74) is 0.799. The van der Waals surface area contributed by atoms with E-state index in [1.807, 2.05) is 0 Å². The lowest BCUT2D eigenvalue weighted by Crippen LogP contribution is -2.46. The fourth-order valence-electron chi connectivity index (χ4n) is 2.27. The zero-order valence-corrected chi connectivity index (χ0v) is 15.3. The molecule has 144 valence electrons. The van der Waals surface area contributed by atoms with Gasteiger partial charge in [-0.3, -0.25) is 4.79 Å². The predicted molar refractivity (Wildman–Crippen MR) is 96.0 cm³/mol. The van der Waals surface area contributed by atoms with Crippen LogP contribution in [0.5, 0.6) is 0 Å². The number of halogens is 1. The highest BCUT2D eigenvalue weighted by Gasteiger charge is 2.24. The molecule has 0 aliphatic heterocycles. The summed E-state index contributed by atoms with van der Waals surface area (Å²) in [5.74, 6) is -2.13. The van der Waals surface area contributed by atoms with E-state index >= 15 is 0 Å². The maximum atomic E-state index is 13.0. The highest BCUT2D eigenvalue weighted by molar-refractivity contribution is 7.89. The SMILES string of the molecule is CCC(NS(=O)(=O)c1ccc(F)cc1)C(=O)NCc1ccc(C(=O)O)cc1. The van der Waals surface area contributed by atoms with Crippen LogP contribution in [0.15, 0.2) is 53.4 Å². The normalized spacial score (nSPS) is 12.4. The first-order valence-electron chi connectivity index (χ1n) is 8.10. The number of carbonyl (C=O) groups excluding carboxylic acids is 1. The zero-order chi connectivity index (χ0) is 20.0.